The van der Waals surface area contributed by atoms with Gasteiger partial charge in [-0.2, -0.15) is 0 Å². The van der Waals surface area contributed by atoms with Crippen LogP contribution in [0, 0.1) is 6.92 Å². The number of carbonyl (C=O) groups excluding carboxylic acids is 1. The van der Waals surface area contributed by atoms with Gasteiger partial charge in [0.1, 0.15) is 18.2 Å². The monoisotopic (exact) mass is 411 g/mol. The standard InChI is InChI=1S/C26H25N3O2/c1-3-18-4-6-19(7-5-18)26(30)29-12-13-31-25-11-9-20(14-22(25)16-29)21-8-10-23-24(15-21)28-17(2)27-23/h4-11,14-15H,3,12-13,16H2,1-2H3,(H,27,28). The first-order valence-corrected chi connectivity index (χ1v) is 10.7. The zero-order chi connectivity index (χ0) is 21.4. The van der Waals surface area contributed by atoms with Crippen molar-refractivity contribution < 1.29 is 9.53 Å². The van der Waals surface area contributed by atoms with Crippen molar-refractivity contribution >= 4 is 16.9 Å². The van der Waals surface area contributed by atoms with Crippen LogP contribution in [-0.4, -0.2) is 33.9 Å². The molecule has 5 rings (SSSR count). The Balaban J connectivity index is 1.44. The molecule has 1 aliphatic heterocycles. The Morgan fingerprint density at radius 2 is 1.84 bits per heavy atom. The van der Waals surface area contributed by atoms with E-state index >= 15 is 0 Å². The van der Waals surface area contributed by atoms with E-state index in [0.717, 1.165) is 51.3 Å². The van der Waals surface area contributed by atoms with Gasteiger partial charge in [0, 0.05) is 17.7 Å². The van der Waals surface area contributed by atoms with E-state index in [4.69, 9.17) is 4.74 Å². The van der Waals surface area contributed by atoms with Crippen molar-refractivity contribution in [3.63, 3.8) is 0 Å². The predicted octanol–water partition coefficient (Wildman–Crippen LogP) is 5.14. The number of aromatic nitrogens is 2. The topological polar surface area (TPSA) is 58.2 Å². The van der Waals surface area contributed by atoms with Gasteiger partial charge in [0.25, 0.3) is 5.91 Å². The largest absolute Gasteiger partial charge is 0.491 e. The number of carbonyl (C=O) groups is 1. The van der Waals surface area contributed by atoms with Crippen LogP contribution in [0.15, 0.2) is 60.7 Å². The van der Waals surface area contributed by atoms with Gasteiger partial charge in [-0.25, -0.2) is 4.98 Å². The number of amides is 1. The zero-order valence-corrected chi connectivity index (χ0v) is 17.8. The van der Waals surface area contributed by atoms with Crippen molar-refractivity contribution in [2.45, 2.75) is 26.8 Å². The van der Waals surface area contributed by atoms with E-state index in [1.54, 1.807) is 0 Å². The number of nitrogens with one attached hydrogen (secondary N) is 1. The third kappa shape index (κ3) is 3.79. The van der Waals surface area contributed by atoms with E-state index in [1.807, 2.05) is 48.2 Å². The number of hydrogen-bond acceptors (Lipinski definition) is 3. The van der Waals surface area contributed by atoms with Gasteiger partial charge in [-0.15, -0.1) is 0 Å². The van der Waals surface area contributed by atoms with Crippen LogP contribution >= 0.6 is 0 Å². The molecule has 1 aromatic heterocycles. The van der Waals surface area contributed by atoms with Crippen LogP contribution in [0.2, 0.25) is 0 Å². The molecule has 0 fully saturated rings. The molecule has 0 saturated carbocycles. The minimum absolute atomic E-state index is 0.0406. The number of imidazole rings is 1. The van der Waals surface area contributed by atoms with Crippen molar-refractivity contribution in [3.8, 4) is 16.9 Å². The number of rotatable bonds is 3. The number of nitrogens with zero attached hydrogens (tertiary/aromatic N) is 2. The summed E-state index contributed by atoms with van der Waals surface area (Å²) in [6.07, 6.45) is 0.964. The molecule has 5 nitrogen and oxygen atoms in total. The van der Waals surface area contributed by atoms with Crippen molar-refractivity contribution in [2.24, 2.45) is 0 Å². The second-order valence-electron chi connectivity index (χ2n) is 8.00. The lowest BCUT2D eigenvalue weighted by Crippen LogP contribution is -2.32. The van der Waals surface area contributed by atoms with Gasteiger partial charge in [-0.05, 0) is 66.4 Å². The Morgan fingerprint density at radius 3 is 2.65 bits per heavy atom. The molecule has 1 amide bonds. The highest BCUT2D eigenvalue weighted by Gasteiger charge is 2.21. The van der Waals surface area contributed by atoms with Gasteiger partial charge in [-0.3, -0.25) is 4.79 Å². The lowest BCUT2D eigenvalue weighted by Gasteiger charge is -2.20. The molecule has 0 atom stereocenters. The van der Waals surface area contributed by atoms with Crippen LogP contribution in [0.5, 0.6) is 5.75 Å². The summed E-state index contributed by atoms with van der Waals surface area (Å²) in [5.74, 6) is 1.79. The summed E-state index contributed by atoms with van der Waals surface area (Å²) >= 11 is 0. The number of H-pyrrole nitrogens is 1. The predicted molar refractivity (Wildman–Crippen MR) is 122 cm³/mol. The Bertz CT molecular complexity index is 1260. The molecule has 0 aliphatic carbocycles. The second-order valence-corrected chi connectivity index (χ2v) is 8.00. The van der Waals surface area contributed by atoms with Crippen LogP contribution < -0.4 is 4.74 Å². The average molecular weight is 412 g/mol. The number of fused-ring (bicyclic) bond motifs is 2. The highest BCUT2D eigenvalue weighted by Crippen LogP contribution is 2.31. The third-order valence-corrected chi connectivity index (χ3v) is 5.87. The number of aromatic amines is 1. The fourth-order valence-corrected chi connectivity index (χ4v) is 4.13. The van der Waals surface area contributed by atoms with Crippen LogP contribution in [-0.2, 0) is 13.0 Å². The molecular weight excluding hydrogens is 386 g/mol. The molecule has 4 aromatic rings. The normalized spacial score (nSPS) is 13.5. The minimum atomic E-state index is 0.0406. The van der Waals surface area contributed by atoms with E-state index in [2.05, 4.69) is 41.2 Å². The highest BCUT2D eigenvalue weighted by molar-refractivity contribution is 5.94. The Morgan fingerprint density at radius 1 is 1.06 bits per heavy atom. The molecule has 0 bridgehead atoms. The fraction of sp³-hybridized carbons (Fsp3) is 0.231. The quantitative estimate of drug-likeness (QED) is 0.508. The summed E-state index contributed by atoms with van der Waals surface area (Å²) in [5, 5.41) is 0. The van der Waals surface area contributed by atoms with Crippen LogP contribution in [0.4, 0.5) is 0 Å². The van der Waals surface area contributed by atoms with Crippen molar-refractivity contribution in [1.82, 2.24) is 14.9 Å². The van der Waals surface area contributed by atoms with Gasteiger partial charge in [-0.1, -0.05) is 31.2 Å². The smallest absolute Gasteiger partial charge is 0.254 e. The van der Waals surface area contributed by atoms with Gasteiger partial charge in [0.15, 0.2) is 0 Å². The lowest BCUT2D eigenvalue weighted by atomic mass is 10.0. The molecule has 1 aliphatic rings. The number of benzene rings is 3. The number of aryl methyl sites for hydroxylation is 2. The maximum atomic E-state index is 13.1. The fourth-order valence-electron chi connectivity index (χ4n) is 4.13. The minimum Gasteiger partial charge on any atom is -0.491 e. The van der Waals surface area contributed by atoms with E-state index in [-0.39, 0.29) is 5.91 Å². The molecule has 0 unspecified atom stereocenters. The van der Waals surface area contributed by atoms with Gasteiger partial charge in [0.2, 0.25) is 0 Å². The van der Waals surface area contributed by atoms with Gasteiger partial charge >= 0.3 is 0 Å². The Hall–Kier alpha value is -3.60. The van der Waals surface area contributed by atoms with Crippen LogP contribution in [0.1, 0.15) is 34.2 Å². The molecule has 31 heavy (non-hydrogen) atoms. The summed E-state index contributed by atoms with van der Waals surface area (Å²) in [7, 11) is 0. The first kappa shape index (κ1) is 19.4. The molecule has 5 heteroatoms. The maximum Gasteiger partial charge on any atom is 0.254 e. The van der Waals surface area contributed by atoms with E-state index in [0.29, 0.717) is 19.7 Å². The summed E-state index contributed by atoms with van der Waals surface area (Å²) < 4.78 is 5.96. The van der Waals surface area contributed by atoms with Crippen molar-refractivity contribution in [2.75, 3.05) is 13.2 Å². The Labute approximate surface area is 181 Å². The Kier molecular flexibility index (Phi) is 4.94. The summed E-state index contributed by atoms with van der Waals surface area (Å²) in [5.41, 5.74) is 7.16. The second kappa shape index (κ2) is 7.91. The molecule has 0 spiro atoms. The number of hydrogen-bond donors (Lipinski definition) is 1. The third-order valence-electron chi connectivity index (χ3n) is 5.87. The average Bonchev–Trinajstić information content (AvgIpc) is 3.04. The molecule has 3 aromatic carbocycles. The van der Waals surface area contributed by atoms with Crippen LogP contribution in [0.25, 0.3) is 22.2 Å². The highest BCUT2D eigenvalue weighted by atomic mass is 16.5. The first-order valence-electron chi connectivity index (χ1n) is 10.7. The van der Waals surface area contributed by atoms with Crippen molar-refractivity contribution in [1.29, 1.82) is 0 Å². The molecule has 2 heterocycles. The first-order chi connectivity index (χ1) is 15.1. The lowest BCUT2D eigenvalue weighted by molar-refractivity contribution is 0.0733. The van der Waals surface area contributed by atoms with Gasteiger partial charge < -0.3 is 14.6 Å². The molecule has 0 radical (unpaired) electrons. The van der Waals surface area contributed by atoms with Crippen LogP contribution in [0.3, 0.4) is 0 Å². The molecular formula is C26H25N3O2. The van der Waals surface area contributed by atoms with Gasteiger partial charge in [0.05, 0.1) is 17.6 Å². The summed E-state index contributed by atoms with van der Waals surface area (Å²) in [4.78, 5) is 22.8. The van der Waals surface area contributed by atoms with E-state index in [1.165, 1.54) is 5.56 Å². The zero-order valence-electron chi connectivity index (χ0n) is 17.8. The number of ether oxygens (including phenoxy) is 1. The van der Waals surface area contributed by atoms with E-state index < -0.39 is 0 Å². The van der Waals surface area contributed by atoms with E-state index in [9.17, 15) is 4.79 Å². The SMILES string of the molecule is CCc1ccc(C(=O)N2CCOc3ccc(-c4ccc5nc(C)[nH]c5c4)cc3C2)cc1. The molecule has 156 valence electrons. The molecule has 0 saturated heterocycles. The summed E-state index contributed by atoms with van der Waals surface area (Å²) in [6.45, 7) is 5.66. The maximum absolute atomic E-state index is 13.1. The summed E-state index contributed by atoms with van der Waals surface area (Å²) in [6, 6.07) is 20.4. The van der Waals surface area contributed by atoms with Crippen molar-refractivity contribution in [3.05, 3.63) is 83.2 Å². The molecule has 1 N–H and O–H groups in total.